The lowest BCUT2D eigenvalue weighted by Gasteiger charge is -2.51. The largest absolute Gasteiger partial charge is 0.451 e. The van der Waals surface area contributed by atoms with Gasteiger partial charge in [-0.25, -0.2) is 4.79 Å². The Kier molecular flexibility index (Phi) is 8.24. The molecule has 1 heterocycles. The Labute approximate surface area is 184 Å². The van der Waals surface area contributed by atoms with Crippen molar-refractivity contribution >= 4 is 5.97 Å². The molecule has 0 amide bonds. The van der Waals surface area contributed by atoms with Crippen molar-refractivity contribution in [2.75, 3.05) is 0 Å². The number of hydrogen-bond acceptors (Lipinski definition) is 3. The summed E-state index contributed by atoms with van der Waals surface area (Å²) in [7, 11) is 0. The minimum atomic E-state index is -0.676. The normalized spacial score (nSPS) is 31.3. The molecule has 3 aliphatic carbocycles. The van der Waals surface area contributed by atoms with Gasteiger partial charge in [-0.1, -0.05) is 90.2 Å². The van der Waals surface area contributed by atoms with Gasteiger partial charge in [0.25, 0.3) is 0 Å². The summed E-state index contributed by atoms with van der Waals surface area (Å²) < 4.78 is 6.04. The summed E-state index contributed by atoms with van der Waals surface area (Å²) in [5.41, 5.74) is 1.47. The molecule has 30 heavy (non-hydrogen) atoms. The van der Waals surface area contributed by atoms with Gasteiger partial charge in [0, 0.05) is 5.92 Å². The van der Waals surface area contributed by atoms with E-state index in [1.54, 1.807) is 0 Å². The van der Waals surface area contributed by atoms with Crippen LogP contribution in [0.15, 0.2) is 23.3 Å². The van der Waals surface area contributed by atoms with Crippen LogP contribution >= 0.6 is 0 Å². The Hall–Kier alpha value is -1.09. The molecule has 1 N–H and O–H groups in total. The van der Waals surface area contributed by atoms with E-state index >= 15 is 0 Å². The molecule has 0 aromatic heterocycles. The van der Waals surface area contributed by atoms with Gasteiger partial charge in [-0.05, 0) is 50.0 Å². The minimum Gasteiger partial charge on any atom is -0.451 e. The summed E-state index contributed by atoms with van der Waals surface area (Å²) in [6.07, 6.45) is 17.8. The van der Waals surface area contributed by atoms with Gasteiger partial charge in [0.2, 0.25) is 0 Å². The summed E-state index contributed by atoms with van der Waals surface area (Å²) in [5.74, 6) is 1.59. The number of esters is 1. The third-order valence-corrected chi connectivity index (χ3v) is 7.95. The molecule has 4 aliphatic rings. The van der Waals surface area contributed by atoms with E-state index < -0.39 is 11.7 Å². The second-order valence-corrected chi connectivity index (χ2v) is 10.6. The van der Waals surface area contributed by atoms with Gasteiger partial charge in [-0.2, -0.15) is 0 Å². The highest BCUT2D eigenvalue weighted by Crippen LogP contribution is 2.56. The number of ether oxygens (including phenoxy) is 1. The Morgan fingerprint density at radius 2 is 1.73 bits per heavy atom. The van der Waals surface area contributed by atoms with Crippen LogP contribution in [0.2, 0.25) is 0 Å². The van der Waals surface area contributed by atoms with Crippen molar-refractivity contribution < 1.29 is 14.6 Å². The first kappa shape index (κ1) is 23.6. The molecule has 3 nitrogen and oxygen atoms in total. The monoisotopic (exact) mass is 416 g/mol. The SMILES string of the molecule is CCCCCCCCCCCC(O)C1=CC2(CC3CC(C(C)C)C2C=C3C)OC1=O. The number of carbonyl (C=O) groups is 1. The number of hydrogen-bond donors (Lipinski definition) is 1. The molecule has 170 valence electrons. The molecule has 1 aliphatic heterocycles. The highest BCUT2D eigenvalue weighted by molar-refractivity contribution is 5.92. The van der Waals surface area contributed by atoms with Gasteiger partial charge >= 0.3 is 5.97 Å². The van der Waals surface area contributed by atoms with Crippen LogP contribution in [0, 0.1) is 23.7 Å². The number of aliphatic hydroxyl groups excluding tert-OH is 1. The van der Waals surface area contributed by atoms with E-state index in [1.807, 2.05) is 6.08 Å². The topological polar surface area (TPSA) is 46.5 Å². The van der Waals surface area contributed by atoms with E-state index in [-0.39, 0.29) is 11.9 Å². The van der Waals surface area contributed by atoms with E-state index in [0.717, 1.165) is 19.3 Å². The van der Waals surface area contributed by atoms with E-state index in [4.69, 9.17) is 4.74 Å². The number of unbranched alkanes of at least 4 members (excludes halogenated alkanes) is 8. The lowest BCUT2D eigenvalue weighted by atomic mass is 9.56. The van der Waals surface area contributed by atoms with Gasteiger partial charge in [0.15, 0.2) is 0 Å². The lowest BCUT2D eigenvalue weighted by molar-refractivity contribution is -0.158. The summed E-state index contributed by atoms with van der Waals surface area (Å²) in [6.45, 7) is 9.04. The molecule has 0 aromatic rings. The summed E-state index contributed by atoms with van der Waals surface area (Å²) in [4.78, 5) is 12.7. The van der Waals surface area contributed by atoms with Gasteiger partial charge in [-0.15, -0.1) is 0 Å². The van der Waals surface area contributed by atoms with Crippen LogP contribution in [-0.4, -0.2) is 22.8 Å². The van der Waals surface area contributed by atoms with Crippen molar-refractivity contribution in [2.24, 2.45) is 23.7 Å². The summed E-state index contributed by atoms with van der Waals surface area (Å²) in [5, 5.41) is 10.7. The van der Waals surface area contributed by atoms with E-state index in [1.165, 1.54) is 56.9 Å². The summed E-state index contributed by atoms with van der Waals surface area (Å²) in [6, 6.07) is 0. The van der Waals surface area contributed by atoms with Crippen molar-refractivity contribution in [1.29, 1.82) is 0 Å². The Bertz CT molecular complexity index is 646. The maximum Gasteiger partial charge on any atom is 0.337 e. The molecule has 0 radical (unpaired) electrons. The standard InChI is InChI=1S/C27H44O3/c1-5-6-7-8-9-10-11-12-13-14-25(28)23-18-27(30-26(23)29)17-21-16-22(19(2)3)24(27)15-20(21)4/h15,18-19,21-22,24-25,28H,5-14,16-17H2,1-4H3. The average molecular weight is 417 g/mol. The van der Waals surface area contributed by atoms with Crippen molar-refractivity contribution in [3.05, 3.63) is 23.3 Å². The second-order valence-electron chi connectivity index (χ2n) is 10.6. The van der Waals surface area contributed by atoms with Gasteiger partial charge in [0.1, 0.15) is 5.60 Å². The molecule has 0 aromatic carbocycles. The molecule has 5 atom stereocenters. The van der Waals surface area contributed by atoms with E-state index in [2.05, 4.69) is 33.8 Å². The summed E-state index contributed by atoms with van der Waals surface area (Å²) >= 11 is 0. The van der Waals surface area contributed by atoms with E-state index in [0.29, 0.717) is 29.7 Å². The van der Waals surface area contributed by atoms with Crippen LogP contribution in [0.25, 0.3) is 0 Å². The lowest BCUT2D eigenvalue weighted by Crippen LogP contribution is -2.51. The van der Waals surface area contributed by atoms with Crippen molar-refractivity contribution in [2.45, 2.75) is 116 Å². The Morgan fingerprint density at radius 3 is 2.33 bits per heavy atom. The molecule has 2 bridgehead atoms. The van der Waals surface area contributed by atoms with Gasteiger partial charge in [0.05, 0.1) is 11.7 Å². The number of aliphatic hydroxyl groups is 1. The third-order valence-electron chi connectivity index (χ3n) is 7.95. The molecule has 4 rings (SSSR count). The first-order valence-electron chi connectivity index (χ1n) is 12.7. The van der Waals surface area contributed by atoms with Crippen molar-refractivity contribution in [1.82, 2.24) is 0 Å². The van der Waals surface area contributed by atoms with E-state index in [9.17, 15) is 9.90 Å². The zero-order chi connectivity index (χ0) is 21.7. The Morgan fingerprint density at radius 1 is 1.10 bits per heavy atom. The smallest absolute Gasteiger partial charge is 0.337 e. The molecule has 1 fully saturated rings. The molecule has 1 spiro atoms. The van der Waals surface area contributed by atoms with Crippen LogP contribution in [0.1, 0.15) is 105 Å². The first-order valence-corrected chi connectivity index (χ1v) is 12.7. The third kappa shape index (κ3) is 5.21. The quantitative estimate of drug-likeness (QED) is 0.217. The minimum absolute atomic E-state index is 0.254. The first-order chi connectivity index (χ1) is 14.4. The maximum atomic E-state index is 12.7. The highest BCUT2D eigenvalue weighted by Gasteiger charge is 2.56. The fraction of sp³-hybridized carbons (Fsp3) is 0.815. The van der Waals surface area contributed by atoms with Crippen LogP contribution in [0.4, 0.5) is 0 Å². The van der Waals surface area contributed by atoms with Crippen LogP contribution < -0.4 is 0 Å². The second kappa shape index (κ2) is 10.5. The highest BCUT2D eigenvalue weighted by atomic mass is 16.6. The molecule has 5 unspecified atom stereocenters. The molecule has 0 saturated heterocycles. The number of fused-ring (bicyclic) bond motifs is 1. The fourth-order valence-electron chi connectivity index (χ4n) is 6.04. The predicted octanol–water partition coefficient (Wildman–Crippen LogP) is 6.75. The van der Waals surface area contributed by atoms with Crippen LogP contribution in [0.3, 0.4) is 0 Å². The zero-order valence-corrected chi connectivity index (χ0v) is 19.8. The number of carbonyl (C=O) groups excluding carboxylic acids is 1. The Balaban J connectivity index is 1.51. The van der Waals surface area contributed by atoms with Gasteiger partial charge in [-0.3, -0.25) is 0 Å². The molecular weight excluding hydrogens is 372 g/mol. The fourth-order valence-corrected chi connectivity index (χ4v) is 6.04. The molecule has 3 heteroatoms. The van der Waals surface area contributed by atoms with Crippen LogP contribution in [-0.2, 0) is 9.53 Å². The maximum absolute atomic E-state index is 12.7. The van der Waals surface area contributed by atoms with Crippen molar-refractivity contribution in [3.8, 4) is 0 Å². The van der Waals surface area contributed by atoms with Crippen LogP contribution in [0.5, 0.6) is 0 Å². The average Bonchev–Trinajstić information content (AvgIpc) is 3.03. The number of allylic oxidation sites excluding steroid dienone is 1. The molecular formula is C27H44O3. The molecule has 1 saturated carbocycles. The van der Waals surface area contributed by atoms with Crippen molar-refractivity contribution in [3.63, 3.8) is 0 Å². The van der Waals surface area contributed by atoms with Gasteiger partial charge < -0.3 is 9.84 Å². The zero-order valence-electron chi connectivity index (χ0n) is 19.8. The number of rotatable bonds is 12. The predicted molar refractivity (Wildman–Crippen MR) is 123 cm³/mol.